The van der Waals surface area contributed by atoms with E-state index in [1.807, 2.05) is 43.3 Å². The number of quaternary nitrogens is 1. The van der Waals surface area contributed by atoms with Crippen molar-refractivity contribution in [3.05, 3.63) is 89.0 Å². The van der Waals surface area contributed by atoms with Gasteiger partial charge in [-0.2, -0.15) is 0 Å². The molecule has 0 spiro atoms. The molecule has 3 aromatic carbocycles. The zero-order valence-corrected chi connectivity index (χ0v) is 28.4. The fourth-order valence-corrected chi connectivity index (χ4v) is 9.64. The van der Waals surface area contributed by atoms with E-state index >= 15 is 0 Å². The Labute approximate surface area is 270 Å². The predicted octanol–water partition coefficient (Wildman–Crippen LogP) is 5.78. The van der Waals surface area contributed by atoms with Crippen LogP contribution in [0.5, 0.6) is 5.75 Å². The van der Waals surface area contributed by atoms with Crippen LogP contribution in [0.15, 0.2) is 71.6 Å². The molecular formula is C37H51N4O3S+. The lowest BCUT2D eigenvalue weighted by atomic mass is 9.88. The van der Waals surface area contributed by atoms with Crippen LogP contribution in [0.3, 0.4) is 0 Å². The Hall–Kier alpha value is -2.91. The van der Waals surface area contributed by atoms with Crippen molar-refractivity contribution in [2.45, 2.75) is 69.2 Å². The highest BCUT2D eigenvalue weighted by Crippen LogP contribution is 2.40. The molecule has 3 aromatic rings. The molecule has 45 heavy (non-hydrogen) atoms. The Morgan fingerprint density at radius 2 is 1.60 bits per heavy atom. The van der Waals surface area contributed by atoms with Crippen molar-refractivity contribution < 1.29 is 17.6 Å². The number of fused-ring (bicyclic) bond motifs is 4. The summed E-state index contributed by atoms with van der Waals surface area (Å²) < 4.78 is 35.1. The topological polar surface area (TPSA) is 61.9 Å². The number of benzene rings is 3. The maximum absolute atomic E-state index is 13.8. The molecule has 0 unspecified atom stereocenters. The summed E-state index contributed by atoms with van der Waals surface area (Å²) >= 11 is 0. The molecule has 3 saturated heterocycles. The third-order valence-corrected chi connectivity index (χ3v) is 12.6. The second-order valence-electron chi connectivity index (χ2n) is 13.9. The molecule has 3 fully saturated rings. The van der Waals surface area contributed by atoms with Crippen LogP contribution in [-0.4, -0.2) is 82.5 Å². The van der Waals surface area contributed by atoms with Crippen molar-refractivity contribution in [3.63, 3.8) is 0 Å². The van der Waals surface area contributed by atoms with Gasteiger partial charge in [0.2, 0.25) is 0 Å². The maximum atomic E-state index is 13.8. The third-order valence-electron chi connectivity index (χ3n) is 10.6. The van der Waals surface area contributed by atoms with Gasteiger partial charge < -0.3 is 14.1 Å². The van der Waals surface area contributed by atoms with Gasteiger partial charge in [0.1, 0.15) is 18.9 Å². The molecule has 0 aromatic heterocycles. The van der Waals surface area contributed by atoms with Gasteiger partial charge in [0.25, 0.3) is 0 Å². The number of hydrogen-bond donors (Lipinski definition) is 1. The fourth-order valence-electron chi connectivity index (χ4n) is 7.51. The zero-order valence-electron chi connectivity index (χ0n) is 27.6. The first-order valence-electron chi connectivity index (χ1n) is 16.8. The summed E-state index contributed by atoms with van der Waals surface area (Å²) in [4.78, 5) is 5.06. The van der Waals surface area contributed by atoms with Gasteiger partial charge in [0.15, 0.2) is 9.84 Å². The van der Waals surface area contributed by atoms with Gasteiger partial charge in [-0.3, -0.25) is 10.2 Å². The summed E-state index contributed by atoms with van der Waals surface area (Å²) in [5.41, 5.74) is 4.93. The van der Waals surface area contributed by atoms with Gasteiger partial charge in [-0.25, -0.2) is 8.42 Å². The number of rotatable bonds is 11. The Morgan fingerprint density at radius 1 is 0.933 bits per heavy atom. The maximum Gasteiger partial charge on any atom is 0.180 e. The second-order valence-corrected chi connectivity index (χ2v) is 15.8. The SMILES string of the molecule is CCCC[C@]1(CC)CS(=O)(=O)c2ccc(N(C)C)cc2[C@@H](c2ccc(OCc3ccc(C[N+]45CCN(CC4)CC5)cc3)cc2)N1. The second kappa shape index (κ2) is 13.1. The normalized spacial score (nSPS) is 27.0. The molecule has 2 atom stereocenters. The average Bonchev–Trinajstić information content (AvgIpc) is 3.16. The Bertz CT molecular complexity index is 1550. The van der Waals surface area contributed by atoms with Crippen LogP contribution in [0.25, 0.3) is 0 Å². The molecule has 4 aliphatic heterocycles. The molecule has 4 heterocycles. The van der Waals surface area contributed by atoms with Crippen molar-refractivity contribution in [3.8, 4) is 5.75 Å². The van der Waals surface area contributed by atoms with Crippen molar-refractivity contribution in [1.82, 2.24) is 10.2 Å². The molecule has 0 radical (unpaired) electrons. The molecule has 2 bridgehead atoms. The zero-order chi connectivity index (χ0) is 31.7. The predicted molar refractivity (Wildman–Crippen MR) is 183 cm³/mol. The highest BCUT2D eigenvalue weighted by atomic mass is 32.2. The van der Waals surface area contributed by atoms with Crippen LogP contribution < -0.4 is 15.0 Å². The number of hydrogen-bond acceptors (Lipinski definition) is 6. The van der Waals surface area contributed by atoms with Crippen LogP contribution in [0.1, 0.15) is 67.8 Å². The summed E-state index contributed by atoms with van der Waals surface area (Å²) in [6.07, 6.45) is 3.58. The first-order valence-corrected chi connectivity index (χ1v) is 18.5. The summed E-state index contributed by atoms with van der Waals surface area (Å²) in [6.45, 7) is 13.4. The van der Waals surface area contributed by atoms with E-state index in [-0.39, 0.29) is 11.8 Å². The van der Waals surface area contributed by atoms with E-state index in [9.17, 15) is 8.42 Å². The van der Waals surface area contributed by atoms with E-state index in [2.05, 4.69) is 60.5 Å². The molecule has 0 aliphatic carbocycles. The highest BCUT2D eigenvalue weighted by Gasteiger charge is 2.42. The van der Waals surface area contributed by atoms with Gasteiger partial charge in [-0.15, -0.1) is 0 Å². The van der Waals surface area contributed by atoms with Crippen LogP contribution in [0.4, 0.5) is 5.69 Å². The van der Waals surface area contributed by atoms with Gasteiger partial charge >= 0.3 is 0 Å². The first-order chi connectivity index (χ1) is 21.6. The van der Waals surface area contributed by atoms with Gasteiger partial charge in [0.05, 0.1) is 36.3 Å². The standard InChI is InChI=1S/C37H51N4O3S/c1-5-7-18-37(6-2)28-45(42,43)35-17-14-32(39(3)4)25-34(35)36(38-37)31-12-15-33(16-13-31)44-27-30-10-8-29(9-11-30)26-41-22-19-40(20-23-41)21-24-41/h8-17,25,36,38H,5-7,18-24,26-28H2,1-4H3/q+1/t36-,37-/m1/s1. The molecule has 0 saturated carbocycles. The van der Waals surface area contributed by atoms with Crippen molar-refractivity contribution in [1.29, 1.82) is 0 Å². The van der Waals surface area contributed by atoms with Gasteiger partial charge in [0, 0.05) is 50.5 Å². The fraction of sp³-hybridized carbons (Fsp3) is 0.514. The van der Waals surface area contributed by atoms with Crippen molar-refractivity contribution in [2.24, 2.45) is 0 Å². The van der Waals surface area contributed by atoms with Gasteiger partial charge in [-0.05, 0) is 59.9 Å². The quantitative estimate of drug-likeness (QED) is 0.271. The molecular weight excluding hydrogens is 580 g/mol. The first kappa shape index (κ1) is 32.0. The minimum atomic E-state index is -3.48. The van der Waals surface area contributed by atoms with Crippen molar-refractivity contribution in [2.75, 3.05) is 64.0 Å². The Morgan fingerprint density at radius 3 is 2.22 bits per heavy atom. The number of unbranched alkanes of at least 4 members (excludes halogenated alkanes) is 1. The molecule has 7 rings (SSSR count). The molecule has 242 valence electrons. The largest absolute Gasteiger partial charge is 0.489 e. The van der Waals surface area contributed by atoms with E-state index in [4.69, 9.17) is 4.74 Å². The average molecular weight is 632 g/mol. The van der Waals surface area contributed by atoms with Crippen LogP contribution in [-0.2, 0) is 23.0 Å². The minimum absolute atomic E-state index is 0.111. The summed E-state index contributed by atoms with van der Waals surface area (Å²) in [5, 5.41) is 3.89. The molecule has 4 aliphatic rings. The minimum Gasteiger partial charge on any atom is -0.489 e. The Balaban J connectivity index is 1.19. The number of ether oxygens (including phenoxy) is 1. The van der Waals surface area contributed by atoms with Crippen LogP contribution >= 0.6 is 0 Å². The molecule has 1 N–H and O–H groups in total. The van der Waals surface area contributed by atoms with Crippen LogP contribution in [0, 0.1) is 0 Å². The van der Waals surface area contributed by atoms with Gasteiger partial charge in [-0.1, -0.05) is 63.1 Å². The summed E-state index contributed by atoms with van der Waals surface area (Å²) in [5.74, 6) is 0.920. The lowest BCUT2D eigenvalue weighted by molar-refractivity contribution is -0.953. The lowest BCUT2D eigenvalue weighted by Crippen LogP contribution is -2.66. The third kappa shape index (κ3) is 6.94. The Kier molecular flexibility index (Phi) is 9.31. The van der Waals surface area contributed by atoms with Crippen LogP contribution in [0.2, 0.25) is 0 Å². The van der Waals surface area contributed by atoms with E-state index in [1.165, 1.54) is 49.3 Å². The molecule has 7 nitrogen and oxygen atoms in total. The highest BCUT2D eigenvalue weighted by molar-refractivity contribution is 7.91. The monoisotopic (exact) mass is 631 g/mol. The lowest BCUT2D eigenvalue weighted by Gasteiger charge is -2.50. The van der Waals surface area contributed by atoms with E-state index < -0.39 is 15.4 Å². The number of anilines is 1. The smallest absolute Gasteiger partial charge is 0.180 e. The van der Waals surface area contributed by atoms with E-state index in [0.29, 0.717) is 11.5 Å². The van der Waals surface area contributed by atoms with E-state index in [0.717, 1.165) is 60.4 Å². The number of piperazine rings is 3. The molecule has 8 heteroatoms. The van der Waals surface area contributed by atoms with E-state index in [1.54, 1.807) is 6.07 Å². The number of nitrogens with zero attached hydrogens (tertiary/aromatic N) is 3. The molecule has 0 amide bonds. The summed E-state index contributed by atoms with van der Waals surface area (Å²) in [7, 11) is 0.498. The number of nitrogens with one attached hydrogen (secondary N) is 1. The summed E-state index contributed by atoms with van der Waals surface area (Å²) in [6, 6.07) is 22.7. The van der Waals surface area contributed by atoms with Crippen molar-refractivity contribution >= 4 is 15.5 Å². The number of sulfone groups is 1.